The summed E-state index contributed by atoms with van der Waals surface area (Å²) in [5.74, 6) is -0.425. The third-order valence-electron chi connectivity index (χ3n) is 5.39. The molecule has 0 unspecified atom stereocenters. The number of rotatable bonds is 4. The number of anilines is 2. The minimum atomic E-state index is -0.436. The fourth-order valence-electron chi connectivity index (χ4n) is 3.98. The lowest BCUT2D eigenvalue weighted by Crippen LogP contribution is -2.19. The molecule has 1 N–H and O–H groups in total. The summed E-state index contributed by atoms with van der Waals surface area (Å²) in [6.07, 6.45) is 5.96. The molecule has 1 fully saturated rings. The number of nitrogens with one attached hydrogen (secondary N) is 1. The first-order valence-electron chi connectivity index (χ1n) is 9.48. The van der Waals surface area contributed by atoms with Gasteiger partial charge in [-0.1, -0.05) is 0 Å². The van der Waals surface area contributed by atoms with Crippen LogP contribution in [0, 0.1) is 21.4 Å². The molecule has 8 heteroatoms. The third-order valence-corrected chi connectivity index (χ3v) is 6.60. The molecule has 7 nitrogen and oxygen atoms in total. The van der Waals surface area contributed by atoms with Crippen molar-refractivity contribution >= 4 is 33.6 Å². The van der Waals surface area contributed by atoms with E-state index >= 15 is 0 Å². The average molecular weight is 396 g/mol. The summed E-state index contributed by atoms with van der Waals surface area (Å²) in [4.78, 5) is 27.0. The van der Waals surface area contributed by atoms with Crippen molar-refractivity contribution in [2.24, 2.45) is 0 Å². The van der Waals surface area contributed by atoms with Gasteiger partial charge in [-0.25, -0.2) is 0 Å². The number of nitro benzene ring substituents is 1. The zero-order valence-corrected chi connectivity index (χ0v) is 16.2. The van der Waals surface area contributed by atoms with Crippen molar-refractivity contribution in [3.8, 4) is 6.07 Å². The molecule has 144 valence electrons. The molecule has 2 aromatic rings. The van der Waals surface area contributed by atoms with Crippen LogP contribution in [-0.2, 0) is 12.8 Å². The van der Waals surface area contributed by atoms with E-state index in [9.17, 15) is 20.2 Å². The van der Waals surface area contributed by atoms with Gasteiger partial charge >= 0.3 is 0 Å². The Morgan fingerprint density at radius 3 is 2.68 bits per heavy atom. The molecule has 0 atom stereocenters. The summed E-state index contributed by atoms with van der Waals surface area (Å²) in [6, 6.07) is 6.83. The van der Waals surface area contributed by atoms with Gasteiger partial charge in [0.25, 0.3) is 11.6 Å². The summed E-state index contributed by atoms with van der Waals surface area (Å²) in [6.45, 7) is 1.58. The molecule has 0 spiro atoms. The number of fused-ring (bicyclic) bond motifs is 1. The van der Waals surface area contributed by atoms with E-state index in [1.807, 2.05) is 4.90 Å². The predicted molar refractivity (Wildman–Crippen MR) is 108 cm³/mol. The highest BCUT2D eigenvalue weighted by Crippen LogP contribution is 2.38. The SMILES string of the molecule is N#Cc1c(NC(=O)c2ccc(N3CCCC3)c([N+](=O)[O-])c2)sc2c1CCCC2. The number of hydrogen-bond donors (Lipinski definition) is 1. The second-order valence-electron chi connectivity index (χ2n) is 7.14. The van der Waals surface area contributed by atoms with Gasteiger partial charge in [-0.2, -0.15) is 5.26 Å². The largest absolute Gasteiger partial charge is 0.366 e. The molecule has 0 radical (unpaired) electrons. The predicted octanol–water partition coefficient (Wildman–Crippen LogP) is 4.26. The molecule has 4 rings (SSSR count). The zero-order valence-electron chi connectivity index (χ0n) is 15.4. The Bertz CT molecular complexity index is 986. The topological polar surface area (TPSA) is 99.3 Å². The molecule has 1 aromatic heterocycles. The Balaban J connectivity index is 1.62. The summed E-state index contributed by atoms with van der Waals surface area (Å²) in [7, 11) is 0. The van der Waals surface area contributed by atoms with Gasteiger partial charge < -0.3 is 10.2 Å². The lowest BCUT2D eigenvalue weighted by molar-refractivity contribution is -0.384. The monoisotopic (exact) mass is 396 g/mol. The van der Waals surface area contributed by atoms with Gasteiger partial charge in [0.1, 0.15) is 16.8 Å². The number of amides is 1. The zero-order chi connectivity index (χ0) is 19.7. The maximum Gasteiger partial charge on any atom is 0.293 e. The number of benzene rings is 1. The fourth-order valence-corrected chi connectivity index (χ4v) is 5.22. The first kappa shape index (κ1) is 18.4. The van der Waals surface area contributed by atoms with Crippen LogP contribution in [0.3, 0.4) is 0 Å². The van der Waals surface area contributed by atoms with Crippen molar-refractivity contribution < 1.29 is 9.72 Å². The van der Waals surface area contributed by atoms with Crippen LogP contribution in [0.5, 0.6) is 0 Å². The van der Waals surface area contributed by atoms with E-state index in [1.165, 1.54) is 17.4 Å². The highest BCUT2D eigenvalue weighted by Gasteiger charge is 2.25. The Morgan fingerprint density at radius 1 is 1.21 bits per heavy atom. The normalized spacial score (nSPS) is 15.8. The Hall–Kier alpha value is -2.92. The van der Waals surface area contributed by atoms with Crippen molar-refractivity contribution in [1.29, 1.82) is 5.26 Å². The summed E-state index contributed by atoms with van der Waals surface area (Å²) < 4.78 is 0. The van der Waals surface area contributed by atoms with Crippen LogP contribution in [0.25, 0.3) is 0 Å². The number of carbonyl (C=O) groups excluding carboxylic acids is 1. The molecule has 28 heavy (non-hydrogen) atoms. The first-order valence-corrected chi connectivity index (χ1v) is 10.3. The van der Waals surface area contributed by atoms with Crippen molar-refractivity contribution in [2.75, 3.05) is 23.3 Å². The average Bonchev–Trinajstić information content (AvgIpc) is 3.34. The van der Waals surface area contributed by atoms with Gasteiger partial charge in [-0.15, -0.1) is 11.3 Å². The fraction of sp³-hybridized carbons (Fsp3) is 0.400. The van der Waals surface area contributed by atoms with E-state index in [0.717, 1.165) is 62.1 Å². The maximum absolute atomic E-state index is 12.8. The second-order valence-corrected chi connectivity index (χ2v) is 8.24. The Morgan fingerprint density at radius 2 is 1.96 bits per heavy atom. The number of nitrogens with zero attached hydrogens (tertiary/aromatic N) is 3. The highest BCUT2D eigenvalue weighted by atomic mass is 32.1. The molecular weight excluding hydrogens is 376 g/mol. The van der Waals surface area contributed by atoms with Crippen LogP contribution in [-0.4, -0.2) is 23.9 Å². The van der Waals surface area contributed by atoms with E-state index in [1.54, 1.807) is 12.1 Å². The van der Waals surface area contributed by atoms with Crippen LogP contribution >= 0.6 is 11.3 Å². The van der Waals surface area contributed by atoms with Crippen molar-refractivity contribution in [3.05, 3.63) is 49.9 Å². The first-order chi connectivity index (χ1) is 13.6. The third kappa shape index (κ3) is 3.34. The van der Waals surface area contributed by atoms with Crippen LogP contribution in [0.2, 0.25) is 0 Å². The maximum atomic E-state index is 12.8. The number of nitro groups is 1. The minimum Gasteiger partial charge on any atom is -0.366 e. The van der Waals surface area contributed by atoms with Crippen LogP contribution < -0.4 is 10.2 Å². The van der Waals surface area contributed by atoms with E-state index in [0.29, 0.717) is 16.3 Å². The molecule has 1 amide bonds. The summed E-state index contributed by atoms with van der Waals surface area (Å²) in [5.41, 5.74) is 2.31. The Labute approximate surface area is 166 Å². The van der Waals surface area contributed by atoms with Gasteiger partial charge in [0.05, 0.1) is 10.5 Å². The van der Waals surface area contributed by atoms with Crippen molar-refractivity contribution in [1.82, 2.24) is 0 Å². The number of carbonyl (C=O) groups is 1. The van der Waals surface area contributed by atoms with Gasteiger partial charge in [-0.3, -0.25) is 14.9 Å². The molecule has 1 saturated heterocycles. The molecule has 2 heterocycles. The van der Waals surface area contributed by atoms with Crippen molar-refractivity contribution in [2.45, 2.75) is 38.5 Å². The van der Waals surface area contributed by atoms with Crippen LogP contribution in [0.1, 0.15) is 52.0 Å². The Kier molecular flexibility index (Phi) is 5.01. The minimum absolute atomic E-state index is 0.0551. The van der Waals surface area contributed by atoms with E-state index in [2.05, 4.69) is 11.4 Å². The summed E-state index contributed by atoms with van der Waals surface area (Å²) in [5, 5.41) is 24.4. The highest BCUT2D eigenvalue weighted by molar-refractivity contribution is 7.16. The van der Waals surface area contributed by atoms with Gasteiger partial charge in [0.2, 0.25) is 0 Å². The molecular formula is C20H20N4O3S. The smallest absolute Gasteiger partial charge is 0.293 e. The second kappa shape index (κ2) is 7.60. The van der Waals surface area contributed by atoms with Crippen LogP contribution in [0.15, 0.2) is 18.2 Å². The van der Waals surface area contributed by atoms with E-state index in [4.69, 9.17) is 0 Å². The molecule has 1 aliphatic heterocycles. The number of thiophene rings is 1. The molecule has 2 aliphatic rings. The standard InChI is InChI=1S/C20H20N4O3S/c21-12-15-14-5-1-2-6-18(14)28-20(15)22-19(25)13-7-8-16(17(11-13)24(26)27)23-9-3-4-10-23/h7-8,11H,1-6,9-10H2,(H,22,25). The van der Waals surface area contributed by atoms with Gasteiger partial charge in [0, 0.05) is 29.6 Å². The molecule has 1 aliphatic carbocycles. The lowest BCUT2D eigenvalue weighted by Gasteiger charge is -2.17. The molecule has 1 aromatic carbocycles. The lowest BCUT2D eigenvalue weighted by atomic mass is 9.96. The van der Waals surface area contributed by atoms with Gasteiger partial charge in [0.15, 0.2) is 0 Å². The van der Waals surface area contributed by atoms with Gasteiger partial charge in [-0.05, 0) is 56.2 Å². The number of aryl methyl sites for hydroxylation is 1. The summed E-state index contributed by atoms with van der Waals surface area (Å²) >= 11 is 1.45. The van der Waals surface area contributed by atoms with E-state index in [-0.39, 0.29) is 11.3 Å². The van der Waals surface area contributed by atoms with E-state index < -0.39 is 10.8 Å². The number of hydrogen-bond acceptors (Lipinski definition) is 6. The van der Waals surface area contributed by atoms with Crippen molar-refractivity contribution in [3.63, 3.8) is 0 Å². The number of nitriles is 1. The van der Waals surface area contributed by atoms with Crippen LogP contribution in [0.4, 0.5) is 16.4 Å². The molecule has 0 bridgehead atoms. The quantitative estimate of drug-likeness (QED) is 0.615. The molecule has 0 saturated carbocycles.